The van der Waals surface area contributed by atoms with Gasteiger partial charge in [0.1, 0.15) is 34.2 Å². The molecular weight excluding hydrogens is 496 g/mol. The zero-order valence-electron chi connectivity index (χ0n) is 23.2. The summed E-state index contributed by atoms with van der Waals surface area (Å²) < 4.78 is 12.8. The number of furan rings is 2. The van der Waals surface area contributed by atoms with E-state index in [2.05, 4.69) is 58.0 Å². The molecule has 0 radical (unpaired) electrons. The zero-order chi connectivity index (χ0) is 27.7. The second-order valence-electron chi connectivity index (χ2n) is 11.3. The summed E-state index contributed by atoms with van der Waals surface area (Å²) in [6, 6.07) is 25.7. The quantitative estimate of drug-likeness (QED) is 0.239. The van der Waals surface area contributed by atoms with Crippen molar-refractivity contribution in [2.45, 2.75) is 46.0 Å². The highest BCUT2D eigenvalue weighted by Gasteiger charge is 2.39. The van der Waals surface area contributed by atoms with Crippen molar-refractivity contribution in [1.29, 1.82) is 0 Å². The molecule has 4 heteroatoms. The molecule has 4 nitrogen and oxygen atoms in total. The van der Waals surface area contributed by atoms with Gasteiger partial charge in [0, 0.05) is 38.9 Å². The first-order valence-corrected chi connectivity index (χ1v) is 14.0. The molecule has 2 aromatic heterocycles. The summed E-state index contributed by atoms with van der Waals surface area (Å²) in [5.41, 5.74) is 10.00. The summed E-state index contributed by atoms with van der Waals surface area (Å²) in [4.78, 5) is 0. The molecule has 7 rings (SSSR count). The van der Waals surface area contributed by atoms with E-state index in [1.54, 1.807) is 24.3 Å². The molecule has 1 aliphatic rings. The maximum absolute atomic E-state index is 9.75. The second kappa shape index (κ2) is 9.06. The van der Waals surface area contributed by atoms with Gasteiger partial charge in [0.2, 0.25) is 0 Å². The summed E-state index contributed by atoms with van der Waals surface area (Å²) in [5.74, 6) is 3.35. The number of hydrogen-bond donors (Lipinski definition) is 2. The second-order valence-corrected chi connectivity index (χ2v) is 11.3. The van der Waals surface area contributed by atoms with E-state index in [4.69, 9.17) is 8.83 Å². The number of benzene rings is 4. The summed E-state index contributed by atoms with van der Waals surface area (Å²) in [6.07, 6.45) is 1.08. The van der Waals surface area contributed by atoms with Crippen LogP contribution in [0.25, 0.3) is 44.6 Å². The molecule has 6 aromatic rings. The Morgan fingerprint density at radius 3 is 1.77 bits per heavy atom. The Morgan fingerprint density at radius 2 is 1.20 bits per heavy atom. The minimum atomic E-state index is 0.246. The molecule has 0 saturated carbocycles. The van der Waals surface area contributed by atoms with E-state index < -0.39 is 0 Å². The third kappa shape index (κ3) is 3.66. The monoisotopic (exact) mass is 528 g/mol. The molecule has 0 saturated heterocycles. The predicted molar refractivity (Wildman–Crippen MR) is 160 cm³/mol. The van der Waals surface area contributed by atoms with E-state index in [0.29, 0.717) is 11.8 Å². The number of phenols is 2. The average Bonchev–Trinajstić information content (AvgIpc) is 3.56. The van der Waals surface area contributed by atoms with Crippen molar-refractivity contribution in [2.75, 3.05) is 0 Å². The van der Waals surface area contributed by atoms with E-state index >= 15 is 0 Å². The molecule has 0 amide bonds. The zero-order valence-corrected chi connectivity index (χ0v) is 23.2. The molecule has 40 heavy (non-hydrogen) atoms. The normalized spacial score (nSPS) is 18.6. The van der Waals surface area contributed by atoms with Crippen molar-refractivity contribution >= 4 is 21.9 Å². The first-order valence-electron chi connectivity index (χ1n) is 14.0. The van der Waals surface area contributed by atoms with Crippen LogP contribution in [0.2, 0.25) is 0 Å². The first kappa shape index (κ1) is 24.6. The Bertz CT molecular complexity index is 1890. The van der Waals surface area contributed by atoms with Gasteiger partial charge in [-0.3, -0.25) is 0 Å². The molecular formula is C36H32O4. The molecule has 0 bridgehead atoms. The summed E-state index contributed by atoms with van der Waals surface area (Å²) >= 11 is 0. The Kier molecular flexibility index (Phi) is 5.57. The van der Waals surface area contributed by atoms with Crippen LogP contribution in [0.3, 0.4) is 0 Å². The van der Waals surface area contributed by atoms with Crippen LogP contribution in [0.15, 0.2) is 87.7 Å². The Labute approximate surface area is 233 Å². The minimum absolute atomic E-state index is 0.246. The maximum atomic E-state index is 9.75. The topological polar surface area (TPSA) is 66.7 Å². The molecule has 0 fully saturated rings. The van der Waals surface area contributed by atoms with Crippen LogP contribution >= 0.6 is 0 Å². The van der Waals surface area contributed by atoms with Crippen molar-refractivity contribution < 1.29 is 19.0 Å². The van der Waals surface area contributed by atoms with Gasteiger partial charge in [0.15, 0.2) is 0 Å². The van der Waals surface area contributed by atoms with Crippen molar-refractivity contribution in [3.8, 4) is 34.1 Å². The van der Waals surface area contributed by atoms with Gasteiger partial charge in [0.25, 0.3) is 0 Å². The molecule has 3 atom stereocenters. The van der Waals surface area contributed by atoms with Gasteiger partial charge >= 0.3 is 0 Å². The van der Waals surface area contributed by atoms with Crippen LogP contribution < -0.4 is 0 Å². The fourth-order valence-electron chi connectivity index (χ4n) is 6.97. The number of aromatic hydroxyl groups is 2. The molecule has 2 N–H and O–H groups in total. The van der Waals surface area contributed by atoms with E-state index in [1.165, 1.54) is 16.7 Å². The van der Waals surface area contributed by atoms with Crippen molar-refractivity contribution in [3.63, 3.8) is 0 Å². The van der Waals surface area contributed by atoms with Gasteiger partial charge in [-0.25, -0.2) is 0 Å². The SMILES string of the molecule is CCC1c2cc3c(C)c(-c4ccc(O)cc4)oc3cc2C(c2ccc3oc(-c4ccc(O)cc4)c(C)c3c2)C1C. The van der Waals surface area contributed by atoms with Gasteiger partial charge in [-0.2, -0.15) is 0 Å². The largest absolute Gasteiger partial charge is 0.508 e. The maximum Gasteiger partial charge on any atom is 0.138 e. The third-order valence-corrected chi connectivity index (χ3v) is 9.06. The highest BCUT2D eigenvalue weighted by Crippen LogP contribution is 2.53. The Morgan fingerprint density at radius 1 is 0.650 bits per heavy atom. The van der Waals surface area contributed by atoms with Crippen molar-refractivity contribution in [2.24, 2.45) is 5.92 Å². The first-order chi connectivity index (χ1) is 19.3. The van der Waals surface area contributed by atoms with Crippen LogP contribution in [-0.2, 0) is 0 Å². The van der Waals surface area contributed by atoms with Gasteiger partial charge in [-0.15, -0.1) is 0 Å². The molecule has 3 unspecified atom stereocenters. The van der Waals surface area contributed by atoms with Crippen LogP contribution in [0.1, 0.15) is 59.9 Å². The standard InChI is InChI=1S/C36H32O4/c1-5-27-19(2)34(24-10-15-32-28(16-24)20(3)35(39-32)22-6-11-25(37)12-7-22)31-18-33-29(17-30(27)31)21(4)36(40-33)23-8-13-26(38)14-9-23/h6-19,27,34,37-38H,5H2,1-4H3. The predicted octanol–water partition coefficient (Wildman–Crippen LogP) is 9.82. The molecule has 0 aliphatic heterocycles. The summed E-state index contributed by atoms with van der Waals surface area (Å²) in [6.45, 7) is 8.90. The average molecular weight is 529 g/mol. The lowest BCUT2D eigenvalue weighted by atomic mass is 9.82. The Hall–Kier alpha value is -4.44. The number of phenolic OH excluding ortho intramolecular Hbond substituents is 2. The molecule has 0 spiro atoms. The van der Waals surface area contributed by atoms with E-state index in [0.717, 1.165) is 62.1 Å². The molecule has 1 aliphatic carbocycles. The lowest BCUT2D eigenvalue weighted by molar-refractivity contribution is 0.448. The third-order valence-electron chi connectivity index (χ3n) is 9.06. The van der Waals surface area contributed by atoms with E-state index in [1.807, 2.05) is 24.3 Å². The number of aryl methyl sites for hydroxylation is 2. The van der Waals surface area contributed by atoms with Gasteiger partial charge < -0.3 is 19.0 Å². The summed E-state index contributed by atoms with van der Waals surface area (Å²) in [5, 5.41) is 21.8. The van der Waals surface area contributed by atoms with E-state index in [9.17, 15) is 10.2 Å². The minimum Gasteiger partial charge on any atom is -0.508 e. The number of rotatable bonds is 4. The fraction of sp³-hybridized carbons (Fsp3) is 0.222. The molecule has 4 aromatic carbocycles. The van der Waals surface area contributed by atoms with Gasteiger partial charge in [-0.05, 0) is 122 Å². The van der Waals surface area contributed by atoms with Crippen LogP contribution in [0, 0.1) is 19.8 Å². The Balaban J connectivity index is 1.35. The van der Waals surface area contributed by atoms with Crippen LogP contribution in [0.5, 0.6) is 11.5 Å². The number of fused-ring (bicyclic) bond motifs is 3. The lowest BCUT2D eigenvalue weighted by Gasteiger charge is -2.21. The highest BCUT2D eigenvalue weighted by molar-refractivity contribution is 5.91. The highest BCUT2D eigenvalue weighted by atomic mass is 16.3. The van der Waals surface area contributed by atoms with Gasteiger partial charge in [0.05, 0.1) is 0 Å². The summed E-state index contributed by atoms with van der Waals surface area (Å²) in [7, 11) is 0. The fourth-order valence-corrected chi connectivity index (χ4v) is 6.97. The van der Waals surface area contributed by atoms with Crippen molar-refractivity contribution in [3.05, 3.63) is 107 Å². The van der Waals surface area contributed by atoms with Crippen molar-refractivity contribution in [1.82, 2.24) is 0 Å². The lowest BCUT2D eigenvalue weighted by Crippen LogP contribution is -2.09. The molecule has 2 heterocycles. The van der Waals surface area contributed by atoms with Gasteiger partial charge in [-0.1, -0.05) is 19.9 Å². The molecule has 200 valence electrons. The number of hydrogen-bond acceptors (Lipinski definition) is 4. The van der Waals surface area contributed by atoms with Crippen LogP contribution in [0.4, 0.5) is 0 Å². The smallest absolute Gasteiger partial charge is 0.138 e. The van der Waals surface area contributed by atoms with Crippen LogP contribution in [-0.4, -0.2) is 10.2 Å². The van der Waals surface area contributed by atoms with E-state index in [-0.39, 0.29) is 17.4 Å².